The van der Waals surface area contributed by atoms with Crippen molar-refractivity contribution in [2.75, 3.05) is 7.11 Å². The van der Waals surface area contributed by atoms with E-state index in [-0.39, 0.29) is 0 Å². The number of hydrogen-bond acceptors (Lipinski definition) is 3. The quantitative estimate of drug-likeness (QED) is 0.902. The number of nitrogens with one attached hydrogen (secondary N) is 1. The highest BCUT2D eigenvalue weighted by molar-refractivity contribution is 5.37. The van der Waals surface area contributed by atoms with Crippen molar-refractivity contribution in [3.63, 3.8) is 0 Å². The molecule has 2 aliphatic rings. The number of aromatic hydroxyl groups is 1. The molecule has 0 aliphatic heterocycles. The number of ether oxygens (including phenoxy) is 1. The van der Waals surface area contributed by atoms with E-state index in [4.69, 9.17) is 4.74 Å². The van der Waals surface area contributed by atoms with Crippen LogP contribution in [0.15, 0.2) is 42.5 Å². The maximum atomic E-state index is 9.79. The molecule has 0 saturated heterocycles. The topological polar surface area (TPSA) is 41.5 Å². The third-order valence-corrected chi connectivity index (χ3v) is 5.78. The summed E-state index contributed by atoms with van der Waals surface area (Å²) in [6, 6.07) is 14.8. The average molecular weight is 323 g/mol. The van der Waals surface area contributed by atoms with Crippen molar-refractivity contribution in [3.05, 3.63) is 59.2 Å². The number of rotatable bonds is 4. The zero-order valence-electron chi connectivity index (χ0n) is 14.2. The van der Waals surface area contributed by atoms with Crippen LogP contribution in [0.3, 0.4) is 0 Å². The molecule has 3 atom stereocenters. The van der Waals surface area contributed by atoms with Gasteiger partial charge in [-0.05, 0) is 78.5 Å². The average Bonchev–Trinajstić information content (AvgIpc) is 2.88. The standard InChI is InChI=1S/C21H25NO2/c1-24-20-8-2-14(3-9-20)13-22-21-16-4-5-17(21)11-18-12-19(23)7-6-15(18)10-16/h2-3,6-9,12,16-17,21-23H,4-5,10-11,13H2,1H3. The van der Waals surface area contributed by atoms with Crippen LogP contribution in [-0.4, -0.2) is 18.3 Å². The molecular weight excluding hydrogens is 298 g/mol. The third kappa shape index (κ3) is 3.01. The molecule has 0 heterocycles. The smallest absolute Gasteiger partial charge is 0.118 e. The monoisotopic (exact) mass is 323 g/mol. The first-order valence-corrected chi connectivity index (χ1v) is 8.90. The molecule has 3 heteroatoms. The Bertz CT molecular complexity index is 710. The number of hydrogen-bond donors (Lipinski definition) is 2. The van der Waals surface area contributed by atoms with Crippen molar-refractivity contribution in [2.45, 2.75) is 38.3 Å². The van der Waals surface area contributed by atoms with E-state index in [0.29, 0.717) is 23.6 Å². The molecule has 0 radical (unpaired) electrons. The van der Waals surface area contributed by atoms with Crippen LogP contribution in [0.5, 0.6) is 11.5 Å². The summed E-state index contributed by atoms with van der Waals surface area (Å²) in [5.41, 5.74) is 4.07. The lowest BCUT2D eigenvalue weighted by molar-refractivity contribution is 0.340. The van der Waals surface area contributed by atoms with Gasteiger partial charge in [0.25, 0.3) is 0 Å². The minimum absolute atomic E-state index is 0.397. The fourth-order valence-corrected chi connectivity index (χ4v) is 4.51. The highest BCUT2D eigenvalue weighted by Gasteiger charge is 2.38. The molecule has 2 N–H and O–H groups in total. The van der Waals surface area contributed by atoms with E-state index < -0.39 is 0 Å². The zero-order chi connectivity index (χ0) is 16.5. The lowest BCUT2D eigenvalue weighted by Crippen LogP contribution is -2.37. The third-order valence-electron chi connectivity index (χ3n) is 5.78. The molecule has 126 valence electrons. The van der Waals surface area contributed by atoms with Gasteiger partial charge in [-0.15, -0.1) is 0 Å². The number of phenolic OH excluding ortho intramolecular Hbond substituents is 1. The van der Waals surface area contributed by atoms with Gasteiger partial charge >= 0.3 is 0 Å². The lowest BCUT2D eigenvalue weighted by atomic mass is 9.93. The normalized spacial score (nSPS) is 25.1. The van der Waals surface area contributed by atoms with E-state index in [0.717, 1.165) is 25.1 Å². The molecule has 0 spiro atoms. The molecule has 3 nitrogen and oxygen atoms in total. The van der Waals surface area contributed by atoms with Crippen molar-refractivity contribution >= 4 is 0 Å². The fourth-order valence-electron chi connectivity index (χ4n) is 4.51. The summed E-state index contributed by atoms with van der Waals surface area (Å²) in [7, 11) is 1.70. The highest BCUT2D eigenvalue weighted by atomic mass is 16.5. The first-order valence-electron chi connectivity index (χ1n) is 8.90. The van der Waals surface area contributed by atoms with Crippen LogP contribution >= 0.6 is 0 Å². The van der Waals surface area contributed by atoms with E-state index in [9.17, 15) is 5.11 Å². The van der Waals surface area contributed by atoms with Crippen molar-refractivity contribution in [2.24, 2.45) is 11.8 Å². The second kappa shape index (κ2) is 6.48. The Kier molecular flexibility index (Phi) is 4.19. The number of methoxy groups -OCH3 is 1. The molecule has 2 aromatic rings. The molecule has 1 fully saturated rings. The molecular formula is C21H25NO2. The number of benzene rings is 2. The Morgan fingerprint density at radius 2 is 1.71 bits per heavy atom. The maximum Gasteiger partial charge on any atom is 0.118 e. The van der Waals surface area contributed by atoms with Gasteiger partial charge in [-0.3, -0.25) is 0 Å². The summed E-state index contributed by atoms with van der Waals surface area (Å²) in [6.07, 6.45) is 4.82. The zero-order valence-corrected chi connectivity index (χ0v) is 14.2. The molecule has 2 aliphatic carbocycles. The first kappa shape index (κ1) is 15.5. The Balaban J connectivity index is 1.46. The van der Waals surface area contributed by atoms with Crippen LogP contribution in [0.4, 0.5) is 0 Å². The summed E-state index contributed by atoms with van der Waals surface area (Å²) in [6.45, 7) is 0.906. The van der Waals surface area contributed by atoms with Gasteiger partial charge in [-0.2, -0.15) is 0 Å². The Morgan fingerprint density at radius 1 is 1.00 bits per heavy atom. The van der Waals surface area contributed by atoms with Crippen LogP contribution in [0.2, 0.25) is 0 Å². The van der Waals surface area contributed by atoms with Gasteiger partial charge in [-0.25, -0.2) is 0 Å². The molecule has 0 aromatic heterocycles. The van der Waals surface area contributed by atoms with Crippen LogP contribution in [0.1, 0.15) is 29.5 Å². The molecule has 3 unspecified atom stereocenters. The highest BCUT2D eigenvalue weighted by Crippen LogP contribution is 2.40. The minimum atomic E-state index is 0.397. The molecule has 1 saturated carbocycles. The minimum Gasteiger partial charge on any atom is -0.508 e. The van der Waals surface area contributed by atoms with Gasteiger partial charge in [0, 0.05) is 12.6 Å². The lowest BCUT2D eigenvalue weighted by Gasteiger charge is -2.24. The summed E-state index contributed by atoms with van der Waals surface area (Å²) in [5.74, 6) is 2.69. The summed E-state index contributed by atoms with van der Waals surface area (Å²) < 4.78 is 5.23. The van der Waals surface area contributed by atoms with Crippen LogP contribution in [0, 0.1) is 11.8 Å². The van der Waals surface area contributed by atoms with E-state index in [1.54, 1.807) is 7.11 Å². The van der Waals surface area contributed by atoms with Crippen molar-refractivity contribution in [1.29, 1.82) is 0 Å². The second-order valence-corrected chi connectivity index (χ2v) is 7.21. The number of fused-ring (bicyclic) bond motifs is 3. The summed E-state index contributed by atoms with van der Waals surface area (Å²) >= 11 is 0. The van der Waals surface area contributed by atoms with Crippen LogP contribution < -0.4 is 10.1 Å². The molecule has 4 rings (SSSR count). The Labute approximate surface area is 143 Å². The van der Waals surface area contributed by atoms with Crippen molar-refractivity contribution in [1.82, 2.24) is 5.32 Å². The molecule has 0 amide bonds. The van der Waals surface area contributed by atoms with Crippen molar-refractivity contribution < 1.29 is 9.84 Å². The van der Waals surface area contributed by atoms with E-state index in [2.05, 4.69) is 23.5 Å². The second-order valence-electron chi connectivity index (χ2n) is 7.21. The Morgan fingerprint density at radius 3 is 2.42 bits per heavy atom. The predicted octanol–water partition coefficient (Wildman–Crippen LogP) is 3.68. The largest absolute Gasteiger partial charge is 0.508 e. The van der Waals surface area contributed by atoms with Gasteiger partial charge in [0.05, 0.1) is 7.11 Å². The van der Waals surface area contributed by atoms with Gasteiger partial charge in [0.1, 0.15) is 11.5 Å². The first-order chi connectivity index (χ1) is 11.7. The number of phenols is 1. The van der Waals surface area contributed by atoms with Gasteiger partial charge in [0.2, 0.25) is 0 Å². The van der Waals surface area contributed by atoms with Gasteiger partial charge in [-0.1, -0.05) is 18.2 Å². The molecule has 2 bridgehead atoms. The Hall–Kier alpha value is -2.00. The SMILES string of the molecule is COc1ccc(CNC2C3CCC2Cc2cc(O)ccc2C3)cc1. The molecule has 24 heavy (non-hydrogen) atoms. The van der Waals surface area contributed by atoms with Crippen LogP contribution in [-0.2, 0) is 19.4 Å². The van der Waals surface area contributed by atoms with E-state index >= 15 is 0 Å². The maximum absolute atomic E-state index is 9.79. The fraction of sp³-hybridized carbons (Fsp3) is 0.429. The predicted molar refractivity (Wildman–Crippen MR) is 95.4 cm³/mol. The summed E-state index contributed by atoms with van der Waals surface area (Å²) in [4.78, 5) is 0. The van der Waals surface area contributed by atoms with Crippen molar-refractivity contribution in [3.8, 4) is 11.5 Å². The van der Waals surface area contributed by atoms with Gasteiger partial charge < -0.3 is 15.2 Å². The van der Waals surface area contributed by atoms with Crippen LogP contribution in [0.25, 0.3) is 0 Å². The molecule has 2 aromatic carbocycles. The summed E-state index contributed by atoms with van der Waals surface area (Å²) in [5, 5.41) is 13.6. The van der Waals surface area contributed by atoms with Gasteiger partial charge in [0.15, 0.2) is 0 Å². The van der Waals surface area contributed by atoms with E-state index in [1.807, 2.05) is 24.3 Å². The van der Waals surface area contributed by atoms with E-state index in [1.165, 1.54) is 29.5 Å².